The molecule has 2 amide bonds. The minimum atomic E-state index is -2.83. The predicted molar refractivity (Wildman–Crippen MR) is 242 cm³/mol. The molecule has 0 saturated carbocycles. The first-order valence-electron chi connectivity index (χ1n) is 19.8. The molecule has 0 fully saturated rings. The Kier molecular flexibility index (Phi) is 13.7. The van der Waals surface area contributed by atoms with Gasteiger partial charge in [-0.2, -0.15) is 0 Å². The molecule has 2 aromatic heterocycles. The first kappa shape index (κ1) is 43.5. The van der Waals surface area contributed by atoms with E-state index in [1.807, 2.05) is 42.5 Å². The summed E-state index contributed by atoms with van der Waals surface area (Å²) in [6.07, 6.45) is 3.72. The van der Waals surface area contributed by atoms with Crippen molar-refractivity contribution in [3.05, 3.63) is 151 Å². The Hall–Kier alpha value is -6.08. The van der Waals surface area contributed by atoms with E-state index in [1.165, 1.54) is 38.8 Å². The SMILES string of the molecule is CC(C)(C)OC(=O)N(c1cccc(Cl)c1)c1cncc(-c2cc(N(CCCO[Si](c3ccccc3)(c3ccccc3)C(C)(C)C)C(=O)OCc3ccccc3)cnc2N)n1. The van der Waals surface area contributed by atoms with Crippen molar-refractivity contribution in [2.24, 2.45) is 0 Å². The van der Waals surface area contributed by atoms with Crippen molar-refractivity contribution in [2.45, 2.75) is 65.2 Å². The van der Waals surface area contributed by atoms with E-state index in [0.717, 1.165) is 5.56 Å². The molecular formula is C47H51ClN6O5Si. The highest BCUT2D eigenvalue weighted by Gasteiger charge is 2.50. The Morgan fingerprint density at radius 1 is 0.750 bits per heavy atom. The second-order valence-corrected chi connectivity index (χ2v) is 21.0. The highest BCUT2D eigenvalue weighted by molar-refractivity contribution is 6.99. The van der Waals surface area contributed by atoms with Gasteiger partial charge < -0.3 is 19.6 Å². The molecule has 2 N–H and O–H groups in total. The number of carbonyl (C=O) groups is 2. The van der Waals surface area contributed by atoms with Crippen molar-refractivity contribution >= 4 is 65.5 Å². The first-order chi connectivity index (χ1) is 28.7. The molecule has 0 spiro atoms. The molecule has 0 unspecified atom stereocenters. The van der Waals surface area contributed by atoms with Gasteiger partial charge in [-0.15, -0.1) is 0 Å². The minimum absolute atomic E-state index is 0.0710. The molecule has 0 bridgehead atoms. The number of anilines is 4. The lowest BCUT2D eigenvalue weighted by Crippen LogP contribution is -2.66. The molecule has 0 aliphatic carbocycles. The van der Waals surface area contributed by atoms with Crippen LogP contribution in [0.5, 0.6) is 0 Å². The summed E-state index contributed by atoms with van der Waals surface area (Å²) in [5, 5.41) is 2.53. The molecule has 60 heavy (non-hydrogen) atoms. The third-order valence-corrected chi connectivity index (χ3v) is 14.9. The highest BCUT2D eigenvalue weighted by Crippen LogP contribution is 2.37. The number of halogens is 1. The highest BCUT2D eigenvalue weighted by atomic mass is 35.5. The third-order valence-electron chi connectivity index (χ3n) is 9.67. The molecule has 0 radical (unpaired) electrons. The summed E-state index contributed by atoms with van der Waals surface area (Å²) < 4.78 is 18.8. The van der Waals surface area contributed by atoms with E-state index < -0.39 is 26.1 Å². The molecule has 4 aromatic carbocycles. The van der Waals surface area contributed by atoms with Gasteiger partial charge in [0.05, 0.1) is 35.7 Å². The number of nitrogens with two attached hydrogens (primary N) is 1. The van der Waals surface area contributed by atoms with Crippen LogP contribution in [0.4, 0.5) is 32.6 Å². The van der Waals surface area contributed by atoms with Crippen LogP contribution in [0.1, 0.15) is 53.5 Å². The number of hydrogen-bond acceptors (Lipinski definition) is 9. The molecule has 6 rings (SSSR count). The lowest BCUT2D eigenvalue weighted by atomic mass is 10.1. The van der Waals surface area contributed by atoms with Gasteiger partial charge in [-0.1, -0.05) is 129 Å². The molecule has 2 heterocycles. The summed E-state index contributed by atoms with van der Waals surface area (Å²) in [6, 6.07) is 38.8. The van der Waals surface area contributed by atoms with Crippen molar-refractivity contribution in [2.75, 3.05) is 28.7 Å². The second-order valence-electron chi connectivity index (χ2n) is 16.2. The van der Waals surface area contributed by atoms with Gasteiger partial charge in [0.15, 0.2) is 5.82 Å². The van der Waals surface area contributed by atoms with Gasteiger partial charge in [-0.25, -0.2) is 24.5 Å². The summed E-state index contributed by atoms with van der Waals surface area (Å²) in [7, 11) is -2.83. The molecule has 0 saturated heterocycles. The smallest absolute Gasteiger partial charge is 0.420 e. The fourth-order valence-electron chi connectivity index (χ4n) is 7.00. The summed E-state index contributed by atoms with van der Waals surface area (Å²) in [6.45, 7) is 12.7. The van der Waals surface area contributed by atoms with Gasteiger partial charge in [0.25, 0.3) is 8.32 Å². The number of nitrogen functional groups attached to an aromatic ring is 1. The van der Waals surface area contributed by atoms with Crippen molar-refractivity contribution < 1.29 is 23.5 Å². The Morgan fingerprint density at radius 2 is 1.38 bits per heavy atom. The van der Waals surface area contributed by atoms with Crippen LogP contribution >= 0.6 is 11.6 Å². The zero-order chi connectivity index (χ0) is 42.9. The maximum atomic E-state index is 14.1. The number of hydrogen-bond donors (Lipinski definition) is 1. The van der Waals surface area contributed by atoms with E-state index in [4.69, 9.17) is 36.2 Å². The van der Waals surface area contributed by atoms with Gasteiger partial charge in [0.1, 0.15) is 18.0 Å². The van der Waals surface area contributed by atoms with E-state index in [0.29, 0.717) is 40.7 Å². The van der Waals surface area contributed by atoms with Crippen LogP contribution in [0, 0.1) is 0 Å². The molecule has 0 aliphatic rings. The average molecular weight is 844 g/mol. The van der Waals surface area contributed by atoms with Crippen LogP contribution in [0.25, 0.3) is 11.3 Å². The van der Waals surface area contributed by atoms with Crippen LogP contribution < -0.4 is 25.9 Å². The van der Waals surface area contributed by atoms with Crippen molar-refractivity contribution in [1.82, 2.24) is 15.0 Å². The monoisotopic (exact) mass is 842 g/mol. The molecule has 13 heteroatoms. The lowest BCUT2D eigenvalue weighted by Gasteiger charge is -2.43. The lowest BCUT2D eigenvalue weighted by molar-refractivity contribution is 0.0598. The average Bonchev–Trinajstić information content (AvgIpc) is 3.22. The predicted octanol–water partition coefficient (Wildman–Crippen LogP) is 9.96. The fourth-order valence-corrected chi connectivity index (χ4v) is 11.8. The Morgan fingerprint density at radius 3 is 1.98 bits per heavy atom. The fraction of sp³-hybridized carbons (Fsp3) is 0.255. The number of benzene rings is 4. The molecule has 0 aliphatic heterocycles. The maximum Gasteiger partial charge on any atom is 0.420 e. The Bertz CT molecular complexity index is 2340. The van der Waals surface area contributed by atoms with Gasteiger partial charge in [0, 0.05) is 23.7 Å². The van der Waals surface area contributed by atoms with Crippen molar-refractivity contribution in [1.29, 1.82) is 0 Å². The van der Waals surface area contributed by atoms with E-state index in [-0.39, 0.29) is 29.8 Å². The number of carbonyl (C=O) groups excluding carboxylic acids is 2. The summed E-state index contributed by atoms with van der Waals surface area (Å²) in [4.78, 5) is 44.3. The van der Waals surface area contributed by atoms with Gasteiger partial charge >= 0.3 is 12.2 Å². The quantitative estimate of drug-likeness (QED) is 0.0891. The van der Waals surface area contributed by atoms with E-state index in [2.05, 4.69) is 79.3 Å². The van der Waals surface area contributed by atoms with E-state index in [9.17, 15) is 9.59 Å². The first-order valence-corrected chi connectivity index (χ1v) is 22.0. The van der Waals surface area contributed by atoms with Crippen LogP contribution in [0.3, 0.4) is 0 Å². The van der Waals surface area contributed by atoms with Gasteiger partial charge in [0.2, 0.25) is 0 Å². The van der Waals surface area contributed by atoms with E-state index in [1.54, 1.807) is 51.1 Å². The van der Waals surface area contributed by atoms with E-state index >= 15 is 0 Å². The number of ether oxygens (including phenoxy) is 2. The zero-order valence-corrected chi connectivity index (χ0v) is 36.6. The minimum Gasteiger partial charge on any atom is -0.444 e. The Balaban J connectivity index is 1.33. The summed E-state index contributed by atoms with van der Waals surface area (Å²) in [5.74, 6) is 0.304. The summed E-state index contributed by atoms with van der Waals surface area (Å²) in [5.41, 5.74) is 8.10. The van der Waals surface area contributed by atoms with Gasteiger partial charge in [-0.3, -0.25) is 9.88 Å². The van der Waals surface area contributed by atoms with Gasteiger partial charge in [-0.05, 0) is 72.4 Å². The maximum absolute atomic E-state index is 14.1. The zero-order valence-electron chi connectivity index (χ0n) is 34.8. The summed E-state index contributed by atoms with van der Waals surface area (Å²) >= 11 is 6.35. The molecule has 0 atom stereocenters. The number of aromatic nitrogens is 3. The molecule has 11 nitrogen and oxygen atoms in total. The number of amides is 2. The molecular weight excluding hydrogens is 792 g/mol. The number of pyridine rings is 1. The topological polar surface area (TPSA) is 133 Å². The van der Waals surface area contributed by atoms with Crippen LogP contribution in [-0.2, 0) is 20.5 Å². The largest absolute Gasteiger partial charge is 0.444 e. The van der Waals surface area contributed by atoms with Crippen LogP contribution in [0.15, 0.2) is 140 Å². The number of nitrogens with zero attached hydrogens (tertiary/aromatic N) is 5. The van der Waals surface area contributed by atoms with Crippen LogP contribution in [0.2, 0.25) is 10.1 Å². The van der Waals surface area contributed by atoms with Crippen molar-refractivity contribution in [3.8, 4) is 11.3 Å². The third kappa shape index (κ3) is 10.4. The molecule has 6 aromatic rings. The second kappa shape index (κ2) is 18.9. The van der Waals surface area contributed by atoms with Crippen LogP contribution in [-0.4, -0.2) is 54.2 Å². The molecule has 310 valence electrons. The Labute approximate surface area is 358 Å². The van der Waals surface area contributed by atoms with Crippen molar-refractivity contribution in [3.63, 3.8) is 0 Å². The standard InChI is InChI=1S/C47H51ClN6O5Si/c1-46(2,3)59-45(56)54(36-21-16-20-35(48)28-36)42-32-50-31-41(52-42)40-29-37(30-51-43(40)49)53(44(55)57-33-34-18-10-7-11-19-34)26-17-27-58-60(47(4,5)6,38-22-12-8-13-23-38)39-24-14-9-15-25-39/h7-16,18-25,28-32H,17,26-27,33H2,1-6H3,(H2,49,51). The number of rotatable bonds is 13. The normalized spacial score (nSPS) is 11.8.